The average Bonchev–Trinajstić information content (AvgIpc) is 3.21. The molecule has 0 bridgehead atoms. The van der Waals surface area contributed by atoms with Crippen molar-refractivity contribution in [1.29, 1.82) is 0 Å². The number of para-hydroxylation sites is 2. The molecule has 0 unspecified atom stereocenters. The summed E-state index contributed by atoms with van der Waals surface area (Å²) >= 11 is 1.83. The molecule has 0 aliphatic carbocycles. The molecule has 1 atom stereocenters. The molecule has 2 saturated heterocycles. The molecule has 1 aromatic heterocycles. The number of piperidine rings is 2. The summed E-state index contributed by atoms with van der Waals surface area (Å²) in [5, 5.41) is 3.14. The Bertz CT molecular complexity index is 770. The minimum absolute atomic E-state index is 0.146. The maximum absolute atomic E-state index is 12.5. The first-order chi connectivity index (χ1) is 14.2. The van der Waals surface area contributed by atoms with Crippen LogP contribution in [0, 0.1) is 5.92 Å². The van der Waals surface area contributed by atoms with Crippen molar-refractivity contribution in [2.24, 2.45) is 5.92 Å². The summed E-state index contributed by atoms with van der Waals surface area (Å²) in [5.41, 5.74) is 1.78. The second kappa shape index (κ2) is 9.85. The zero-order valence-electron chi connectivity index (χ0n) is 17.3. The fourth-order valence-corrected chi connectivity index (χ4v) is 4.98. The van der Waals surface area contributed by atoms with Crippen LogP contribution in [0.3, 0.4) is 0 Å². The van der Waals surface area contributed by atoms with Crippen LogP contribution in [0.2, 0.25) is 0 Å². The zero-order valence-corrected chi connectivity index (χ0v) is 18.1. The van der Waals surface area contributed by atoms with Crippen LogP contribution in [0.5, 0.6) is 0 Å². The minimum atomic E-state index is 0.146. The average molecular weight is 417 g/mol. The quantitative estimate of drug-likeness (QED) is 0.698. The number of thioether (sulfide) groups is 1. The first-order valence-corrected chi connectivity index (χ1v) is 12.2. The number of rotatable bonds is 7. The van der Waals surface area contributed by atoms with Gasteiger partial charge in [0, 0.05) is 32.2 Å². The van der Waals surface area contributed by atoms with E-state index in [2.05, 4.69) is 26.4 Å². The molecule has 29 heavy (non-hydrogen) atoms. The van der Waals surface area contributed by atoms with Gasteiger partial charge in [0.15, 0.2) is 5.58 Å². The van der Waals surface area contributed by atoms with Gasteiger partial charge in [-0.3, -0.25) is 9.69 Å². The number of hydrogen-bond donors (Lipinski definition) is 1. The lowest BCUT2D eigenvalue weighted by atomic mass is 9.93. The van der Waals surface area contributed by atoms with Crippen LogP contribution in [0.15, 0.2) is 28.7 Å². The molecule has 0 saturated carbocycles. The molecule has 7 heteroatoms. The van der Waals surface area contributed by atoms with Gasteiger partial charge in [-0.1, -0.05) is 12.1 Å². The van der Waals surface area contributed by atoms with Gasteiger partial charge in [-0.15, -0.1) is 0 Å². The predicted octanol–water partition coefficient (Wildman–Crippen LogP) is 3.38. The van der Waals surface area contributed by atoms with E-state index in [1.807, 2.05) is 36.0 Å². The third-order valence-corrected chi connectivity index (χ3v) is 6.88. The van der Waals surface area contributed by atoms with Crippen LogP contribution in [-0.2, 0) is 4.79 Å². The molecule has 0 spiro atoms. The summed E-state index contributed by atoms with van der Waals surface area (Å²) in [5.74, 6) is 1.50. The van der Waals surface area contributed by atoms with Crippen molar-refractivity contribution in [3.05, 3.63) is 24.3 Å². The normalized spacial score (nSPS) is 21.6. The van der Waals surface area contributed by atoms with E-state index in [0.29, 0.717) is 6.04 Å². The minimum Gasteiger partial charge on any atom is -0.423 e. The van der Waals surface area contributed by atoms with Gasteiger partial charge < -0.3 is 14.6 Å². The number of aromatic nitrogens is 1. The molecular weight excluding hydrogens is 384 g/mol. The Hall–Kier alpha value is -1.73. The van der Waals surface area contributed by atoms with Gasteiger partial charge in [-0.25, -0.2) is 0 Å². The zero-order chi connectivity index (χ0) is 20.1. The summed E-state index contributed by atoms with van der Waals surface area (Å²) in [6, 6.07) is 9.24. The van der Waals surface area contributed by atoms with Crippen LogP contribution >= 0.6 is 11.8 Å². The molecule has 4 rings (SSSR count). The first-order valence-electron chi connectivity index (χ1n) is 10.9. The van der Waals surface area contributed by atoms with Crippen molar-refractivity contribution in [3.63, 3.8) is 0 Å². The fraction of sp³-hybridized carbons (Fsp3) is 0.636. The first kappa shape index (κ1) is 20.5. The molecule has 0 radical (unpaired) electrons. The molecular formula is C22H32N4O2S. The standard InChI is InChI=1S/C22H32N4O2S/c1-29-15-5-11-23-21(27)17-6-4-12-26(16-17)18-9-13-25(14-10-18)22-24-19-7-2-3-8-20(19)28-22/h2-3,7-8,17-18H,4-6,9-16H2,1H3,(H,23,27)/t17-/m1/s1. The highest BCUT2D eigenvalue weighted by atomic mass is 32.2. The Morgan fingerprint density at radius 1 is 1.24 bits per heavy atom. The highest BCUT2D eigenvalue weighted by molar-refractivity contribution is 7.98. The van der Waals surface area contributed by atoms with Crippen molar-refractivity contribution in [2.45, 2.75) is 38.1 Å². The number of hydrogen-bond acceptors (Lipinski definition) is 6. The number of nitrogens with zero attached hydrogens (tertiary/aromatic N) is 3. The molecule has 3 heterocycles. The maximum Gasteiger partial charge on any atom is 0.298 e. The molecule has 1 amide bonds. The number of benzene rings is 1. The monoisotopic (exact) mass is 416 g/mol. The Kier molecular flexibility index (Phi) is 6.98. The van der Waals surface area contributed by atoms with Crippen molar-refractivity contribution in [3.8, 4) is 0 Å². The Morgan fingerprint density at radius 3 is 2.86 bits per heavy atom. The second-order valence-corrected chi connectivity index (χ2v) is 9.14. The van der Waals surface area contributed by atoms with E-state index in [9.17, 15) is 4.79 Å². The van der Waals surface area contributed by atoms with Crippen LogP contribution in [0.1, 0.15) is 32.1 Å². The molecule has 6 nitrogen and oxygen atoms in total. The highest BCUT2D eigenvalue weighted by Crippen LogP contribution is 2.28. The van der Waals surface area contributed by atoms with Gasteiger partial charge in [0.25, 0.3) is 6.01 Å². The summed E-state index contributed by atoms with van der Waals surface area (Å²) in [6.45, 7) is 4.74. The van der Waals surface area contributed by atoms with Crippen molar-refractivity contribution in [1.82, 2.24) is 15.2 Å². The van der Waals surface area contributed by atoms with E-state index in [1.54, 1.807) is 0 Å². The van der Waals surface area contributed by atoms with E-state index < -0.39 is 0 Å². The van der Waals surface area contributed by atoms with Crippen molar-refractivity contribution < 1.29 is 9.21 Å². The Labute approximate surface area is 177 Å². The van der Waals surface area contributed by atoms with E-state index in [0.717, 1.165) is 87.7 Å². The van der Waals surface area contributed by atoms with Crippen LogP contribution in [-0.4, -0.2) is 66.6 Å². The molecule has 2 fully saturated rings. The molecule has 2 aliphatic heterocycles. The number of fused-ring (bicyclic) bond motifs is 1. The number of likely N-dealkylation sites (tertiary alicyclic amines) is 1. The summed E-state index contributed by atoms with van der Waals surface area (Å²) in [6.07, 6.45) is 7.50. The molecule has 1 aromatic carbocycles. The topological polar surface area (TPSA) is 61.6 Å². The second-order valence-electron chi connectivity index (χ2n) is 8.15. The lowest BCUT2D eigenvalue weighted by Gasteiger charge is -2.41. The number of nitrogens with one attached hydrogen (secondary N) is 1. The number of anilines is 1. The van der Waals surface area contributed by atoms with Gasteiger partial charge in [0.05, 0.1) is 5.92 Å². The number of carbonyl (C=O) groups excluding carboxylic acids is 1. The van der Waals surface area contributed by atoms with Crippen molar-refractivity contribution >= 4 is 34.8 Å². The Balaban J connectivity index is 1.27. The number of oxazole rings is 1. The summed E-state index contributed by atoms with van der Waals surface area (Å²) in [4.78, 5) is 22.0. The predicted molar refractivity (Wildman–Crippen MR) is 120 cm³/mol. The molecule has 1 N–H and O–H groups in total. The van der Waals surface area contributed by atoms with Gasteiger partial charge in [-0.05, 0) is 62.8 Å². The third-order valence-electron chi connectivity index (χ3n) is 6.18. The van der Waals surface area contributed by atoms with Crippen molar-refractivity contribution in [2.75, 3.05) is 49.6 Å². The fourth-order valence-electron chi connectivity index (χ4n) is 4.54. The van der Waals surface area contributed by atoms with E-state index >= 15 is 0 Å². The van der Waals surface area contributed by atoms with Gasteiger partial charge in [0.2, 0.25) is 5.91 Å². The molecule has 158 valence electrons. The lowest BCUT2D eigenvalue weighted by molar-refractivity contribution is -0.127. The third kappa shape index (κ3) is 5.07. The van der Waals surface area contributed by atoms with Gasteiger partial charge in [-0.2, -0.15) is 16.7 Å². The number of amides is 1. The number of carbonyl (C=O) groups is 1. The van der Waals surface area contributed by atoms with E-state index in [4.69, 9.17) is 4.42 Å². The van der Waals surface area contributed by atoms with Gasteiger partial charge in [0.1, 0.15) is 5.52 Å². The molecule has 2 aromatic rings. The summed E-state index contributed by atoms with van der Waals surface area (Å²) < 4.78 is 5.94. The maximum atomic E-state index is 12.5. The summed E-state index contributed by atoms with van der Waals surface area (Å²) in [7, 11) is 0. The van der Waals surface area contributed by atoms with Crippen LogP contribution in [0.25, 0.3) is 11.1 Å². The van der Waals surface area contributed by atoms with Crippen LogP contribution < -0.4 is 10.2 Å². The van der Waals surface area contributed by atoms with Gasteiger partial charge >= 0.3 is 0 Å². The lowest BCUT2D eigenvalue weighted by Crippen LogP contribution is -2.51. The van der Waals surface area contributed by atoms with Crippen LogP contribution in [0.4, 0.5) is 6.01 Å². The van der Waals surface area contributed by atoms with E-state index in [1.165, 1.54) is 0 Å². The smallest absolute Gasteiger partial charge is 0.298 e. The Morgan fingerprint density at radius 2 is 2.07 bits per heavy atom. The molecule has 2 aliphatic rings. The SMILES string of the molecule is CSCCCNC(=O)[C@@H]1CCCN(C2CCN(c3nc4ccccc4o3)CC2)C1. The largest absolute Gasteiger partial charge is 0.423 e. The highest BCUT2D eigenvalue weighted by Gasteiger charge is 2.32. The van der Waals surface area contributed by atoms with E-state index in [-0.39, 0.29) is 11.8 Å².